The first-order valence-electron chi connectivity index (χ1n) is 9.02. The zero-order chi connectivity index (χ0) is 21.3. The lowest BCUT2D eigenvalue weighted by Gasteiger charge is -2.10. The van der Waals surface area contributed by atoms with Gasteiger partial charge in [0.15, 0.2) is 10.8 Å². The van der Waals surface area contributed by atoms with Gasteiger partial charge in [-0.3, -0.25) is 9.20 Å². The molecule has 4 aromatic rings. The molecule has 0 aliphatic rings. The number of aryl methyl sites for hydroxylation is 1. The summed E-state index contributed by atoms with van der Waals surface area (Å²) in [6, 6.07) is 14.3. The minimum absolute atomic E-state index is 0.0965. The molecule has 0 saturated carbocycles. The van der Waals surface area contributed by atoms with Crippen LogP contribution in [0.1, 0.15) is 15.9 Å². The molecule has 0 aliphatic heterocycles. The highest BCUT2D eigenvalue weighted by molar-refractivity contribution is 7.99. The maximum absolute atomic E-state index is 12.5. The number of nitrogens with zero attached hydrogens (tertiary/aromatic N) is 3. The van der Waals surface area contributed by atoms with Gasteiger partial charge in [0, 0.05) is 10.4 Å². The van der Waals surface area contributed by atoms with Crippen molar-refractivity contribution in [1.82, 2.24) is 14.6 Å². The summed E-state index contributed by atoms with van der Waals surface area (Å²) in [4.78, 5) is 24.4. The lowest BCUT2D eigenvalue weighted by molar-refractivity contribution is -0.113. The van der Waals surface area contributed by atoms with Crippen molar-refractivity contribution in [1.29, 1.82) is 0 Å². The summed E-state index contributed by atoms with van der Waals surface area (Å²) in [5, 5.41) is 13.5. The highest BCUT2D eigenvalue weighted by atomic mass is 35.5. The first-order chi connectivity index (χ1) is 14.5. The van der Waals surface area contributed by atoms with Gasteiger partial charge >= 0.3 is 5.97 Å². The number of pyridine rings is 1. The van der Waals surface area contributed by atoms with E-state index >= 15 is 0 Å². The van der Waals surface area contributed by atoms with Gasteiger partial charge in [-0.1, -0.05) is 35.5 Å². The van der Waals surface area contributed by atoms with Crippen molar-refractivity contribution in [3.63, 3.8) is 0 Å². The van der Waals surface area contributed by atoms with E-state index in [4.69, 9.17) is 16.3 Å². The SMILES string of the molecule is COC(=O)c1ccccc1NC(=O)CSc1nnc2cc(C)c3cc(Cl)ccc3n12. The number of hydrogen-bond acceptors (Lipinski definition) is 6. The minimum atomic E-state index is -0.512. The van der Waals surface area contributed by atoms with Crippen molar-refractivity contribution in [2.24, 2.45) is 0 Å². The number of aromatic nitrogens is 3. The molecule has 1 N–H and O–H groups in total. The normalized spacial score (nSPS) is 11.0. The summed E-state index contributed by atoms with van der Waals surface area (Å²) >= 11 is 7.41. The fraction of sp³-hybridized carbons (Fsp3) is 0.143. The first kappa shape index (κ1) is 20.2. The van der Waals surface area contributed by atoms with Crippen LogP contribution in [0.3, 0.4) is 0 Å². The van der Waals surface area contributed by atoms with Gasteiger partial charge in [0.25, 0.3) is 0 Å². The van der Waals surface area contributed by atoms with Gasteiger partial charge in [-0.15, -0.1) is 10.2 Å². The maximum atomic E-state index is 12.5. The molecular weight excluding hydrogens is 424 g/mol. The number of esters is 1. The topological polar surface area (TPSA) is 85.6 Å². The fourth-order valence-corrected chi connectivity index (χ4v) is 4.11. The van der Waals surface area contributed by atoms with Crippen LogP contribution in [-0.2, 0) is 9.53 Å². The van der Waals surface area contributed by atoms with Crippen LogP contribution in [0.5, 0.6) is 0 Å². The molecule has 2 aromatic heterocycles. The maximum Gasteiger partial charge on any atom is 0.339 e. The van der Waals surface area contributed by atoms with E-state index in [0.717, 1.165) is 16.5 Å². The Labute approximate surface area is 181 Å². The third-order valence-corrected chi connectivity index (χ3v) is 5.73. The van der Waals surface area contributed by atoms with Crippen LogP contribution in [0, 0.1) is 6.92 Å². The number of thioether (sulfide) groups is 1. The monoisotopic (exact) mass is 440 g/mol. The number of benzene rings is 2. The predicted octanol–water partition coefficient (Wildman–Crippen LogP) is 4.36. The Hall–Kier alpha value is -3.10. The molecule has 0 fully saturated rings. The lowest BCUT2D eigenvalue weighted by Crippen LogP contribution is -2.17. The van der Waals surface area contributed by atoms with Gasteiger partial charge in [-0.25, -0.2) is 4.79 Å². The minimum Gasteiger partial charge on any atom is -0.465 e. The number of fused-ring (bicyclic) bond motifs is 3. The molecule has 2 aromatic carbocycles. The predicted molar refractivity (Wildman–Crippen MR) is 117 cm³/mol. The Morgan fingerprint density at radius 1 is 1.17 bits per heavy atom. The van der Waals surface area contributed by atoms with Crippen molar-refractivity contribution >= 4 is 57.5 Å². The molecule has 0 radical (unpaired) electrons. The number of nitrogens with one attached hydrogen (secondary N) is 1. The van der Waals surface area contributed by atoms with Crippen molar-refractivity contribution in [2.75, 3.05) is 18.2 Å². The fourth-order valence-electron chi connectivity index (χ4n) is 3.18. The van der Waals surface area contributed by atoms with Gasteiger partial charge in [0.05, 0.1) is 29.6 Å². The Morgan fingerprint density at radius 3 is 2.77 bits per heavy atom. The van der Waals surface area contributed by atoms with Crippen molar-refractivity contribution in [3.8, 4) is 0 Å². The Bertz CT molecular complexity index is 1290. The summed E-state index contributed by atoms with van der Waals surface area (Å²) in [6.45, 7) is 1.99. The van der Waals surface area contributed by atoms with E-state index in [1.807, 2.05) is 35.6 Å². The number of rotatable bonds is 5. The number of amides is 1. The molecule has 2 heterocycles. The van der Waals surface area contributed by atoms with Crippen molar-refractivity contribution in [3.05, 3.63) is 64.7 Å². The smallest absolute Gasteiger partial charge is 0.339 e. The van der Waals surface area contributed by atoms with Crippen LogP contribution in [0.25, 0.3) is 16.6 Å². The summed E-state index contributed by atoms with van der Waals surface area (Å²) in [6.07, 6.45) is 0. The van der Waals surface area contributed by atoms with E-state index in [0.29, 0.717) is 27.1 Å². The van der Waals surface area contributed by atoms with Crippen LogP contribution >= 0.6 is 23.4 Å². The number of ether oxygens (including phenoxy) is 1. The Morgan fingerprint density at radius 2 is 1.97 bits per heavy atom. The standard InChI is InChI=1S/C21H17ClN4O3S/c1-12-9-18-24-25-21(26(18)17-8-7-13(22)10-15(12)17)30-11-19(27)23-16-6-4-3-5-14(16)20(28)29-2/h3-10H,11H2,1-2H3,(H,23,27). The van der Waals surface area contributed by atoms with Gasteiger partial charge < -0.3 is 10.1 Å². The number of hydrogen-bond donors (Lipinski definition) is 1. The molecule has 152 valence electrons. The molecule has 7 nitrogen and oxygen atoms in total. The van der Waals surface area contributed by atoms with Gasteiger partial charge in [-0.2, -0.15) is 0 Å². The van der Waals surface area contributed by atoms with Crippen LogP contribution in [0.4, 0.5) is 5.69 Å². The number of halogens is 1. The summed E-state index contributed by atoms with van der Waals surface area (Å²) in [5.41, 5.74) is 3.35. The molecule has 0 saturated heterocycles. The number of anilines is 1. The van der Waals surface area contributed by atoms with Gasteiger partial charge in [-0.05, 0) is 48.9 Å². The average molecular weight is 441 g/mol. The summed E-state index contributed by atoms with van der Waals surface area (Å²) in [7, 11) is 1.30. The van der Waals surface area contributed by atoms with Gasteiger partial charge in [0.1, 0.15) is 0 Å². The molecule has 0 bridgehead atoms. The number of carbonyl (C=O) groups excluding carboxylic acids is 2. The van der Waals surface area contributed by atoms with E-state index in [1.165, 1.54) is 18.9 Å². The second-order valence-corrected chi connectivity index (χ2v) is 7.92. The number of methoxy groups -OCH3 is 1. The number of carbonyl (C=O) groups is 2. The third kappa shape index (κ3) is 3.83. The first-order valence-corrected chi connectivity index (χ1v) is 10.4. The zero-order valence-corrected chi connectivity index (χ0v) is 17.8. The van der Waals surface area contributed by atoms with Crippen LogP contribution in [-0.4, -0.2) is 39.3 Å². The average Bonchev–Trinajstić information content (AvgIpc) is 3.15. The van der Waals surface area contributed by atoms with Crippen LogP contribution in [0.15, 0.2) is 53.7 Å². The largest absolute Gasteiger partial charge is 0.465 e. The second-order valence-electron chi connectivity index (χ2n) is 6.54. The van der Waals surface area contributed by atoms with E-state index in [2.05, 4.69) is 15.5 Å². The molecule has 0 aliphatic carbocycles. The van der Waals surface area contributed by atoms with Crippen LogP contribution in [0.2, 0.25) is 5.02 Å². The van der Waals surface area contributed by atoms with Gasteiger partial charge in [0.2, 0.25) is 5.91 Å². The highest BCUT2D eigenvalue weighted by Gasteiger charge is 2.16. The summed E-state index contributed by atoms with van der Waals surface area (Å²) < 4.78 is 6.66. The molecule has 0 atom stereocenters. The van der Waals surface area contributed by atoms with E-state index < -0.39 is 5.97 Å². The van der Waals surface area contributed by atoms with Crippen molar-refractivity contribution in [2.45, 2.75) is 12.1 Å². The molecule has 0 spiro atoms. The Balaban J connectivity index is 1.58. The van der Waals surface area contributed by atoms with Crippen LogP contribution < -0.4 is 5.32 Å². The molecule has 30 heavy (non-hydrogen) atoms. The molecule has 0 unspecified atom stereocenters. The van der Waals surface area contributed by atoms with E-state index in [1.54, 1.807) is 24.3 Å². The van der Waals surface area contributed by atoms with Crippen molar-refractivity contribution < 1.29 is 14.3 Å². The quantitative estimate of drug-likeness (QED) is 0.366. The molecule has 1 amide bonds. The molecule has 9 heteroatoms. The second kappa shape index (κ2) is 8.33. The van der Waals surface area contributed by atoms with E-state index in [-0.39, 0.29) is 11.7 Å². The summed E-state index contributed by atoms with van der Waals surface area (Å²) in [5.74, 6) is -0.686. The molecular formula is C21H17ClN4O3S. The lowest BCUT2D eigenvalue weighted by atomic mass is 10.1. The third-order valence-electron chi connectivity index (χ3n) is 4.57. The molecule has 4 rings (SSSR count). The zero-order valence-electron chi connectivity index (χ0n) is 16.2. The highest BCUT2D eigenvalue weighted by Crippen LogP contribution is 2.28. The number of para-hydroxylation sites is 1. The Kier molecular flexibility index (Phi) is 5.61. The van der Waals surface area contributed by atoms with E-state index in [9.17, 15) is 9.59 Å².